The third-order valence-electron chi connectivity index (χ3n) is 7.03. The van der Waals surface area contributed by atoms with Crippen LogP contribution in [-0.2, 0) is 14.4 Å². The SMILES string of the molecule is N#CC1=CCN(O)C(N(C(=O)[C@@H]2CCON2)C(=O)[C@H](c2ccccc2Cl)N(c2cncc(F)c2)C2CC(F)(F)C2)=C1. The number of nitriles is 1. The van der Waals surface area contributed by atoms with Crippen LogP contribution in [0.3, 0.4) is 0 Å². The van der Waals surface area contributed by atoms with Gasteiger partial charge < -0.3 is 9.74 Å². The summed E-state index contributed by atoms with van der Waals surface area (Å²) in [5, 5.41) is 20.9. The highest BCUT2D eigenvalue weighted by atomic mass is 35.5. The maximum absolute atomic E-state index is 14.7. The topological polar surface area (TPSA) is 122 Å². The van der Waals surface area contributed by atoms with Crippen molar-refractivity contribution in [3.63, 3.8) is 0 Å². The van der Waals surface area contributed by atoms with Gasteiger partial charge in [-0.15, -0.1) is 0 Å². The van der Waals surface area contributed by atoms with Crippen molar-refractivity contribution < 1.29 is 32.8 Å². The molecule has 10 nitrogen and oxygen atoms in total. The summed E-state index contributed by atoms with van der Waals surface area (Å²) in [6.07, 6.45) is 3.58. The van der Waals surface area contributed by atoms with Crippen LogP contribution >= 0.6 is 11.6 Å². The number of allylic oxidation sites excluding steroid dienone is 2. The fraction of sp³-hybridized carbons (Fsp3) is 0.333. The second-order valence-corrected chi connectivity index (χ2v) is 10.2. The van der Waals surface area contributed by atoms with Gasteiger partial charge in [-0.2, -0.15) is 10.7 Å². The van der Waals surface area contributed by atoms with Crippen LogP contribution in [0.2, 0.25) is 5.02 Å². The molecule has 0 radical (unpaired) electrons. The van der Waals surface area contributed by atoms with Gasteiger partial charge in [0.15, 0.2) is 0 Å². The molecule has 2 fully saturated rings. The van der Waals surface area contributed by atoms with Crippen LogP contribution in [0, 0.1) is 17.1 Å². The molecular formula is C27H24ClF3N6O4. The lowest BCUT2D eigenvalue weighted by molar-refractivity contribution is -0.154. The van der Waals surface area contributed by atoms with Crippen molar-refractivity contribution in [2.24, 2.45) is 0 Å². The van der Waals surface area contributed by atoms with Crippen molar-refractivity contribution >= 4 is 29.1 Å². The zero-order valence-corrected chi connectivity index (χ0v) is 22.1. The minimum Gasteiger partial charge on any atom is -0.351 e. The van der Waals surface area contributed by atoms with Crippen LogP contribution in [0.5, 0.6) is 0 Å². The molecule has 2 aromatic rings. The van der Waals surface area contributed by atoms with Gasteiger partial charge in [-0.25, -0.2) is 23.1 Å². The molecule has 3 heterocycles. The Labute approximate surface area is 237 Å². The van der Waals surface area contributed by atoms with Crippen LogP contribution in [0.15, 0.2) is 66.3 Å². The van der Waals surface area contributed by atoms with E-state index < -0.39 is 54.5 Å². The second-order valence-electron chi connectivity index (χ2n) is 9.79. The van der Waals surface area contributed by atoms with E-state index in [-0.39, 0.29) is 47.2 Å². The third-order valence-corrected chi connectivity index (χ3v) is 7.37. The van der Waals surface area contributed by atoms with E-state index >= 15 is 0 Å². The van der Waals surface area contributed by atoms with E-state index in [1.165, 1.54) is 29.3 Å². The molecule has 0 bridgehead atoms. The van der Waals surface area contributed by atoms with Gasteiger partial charge in [-0.3, -0.25) is 19.8 Å². The van der Waals surface area contributed by atoms with Gasteiger partial charge in [-0.05, 0) is 24.6 Å². The number of pyridine rings is 1. The Morgan fingerprint density at radius 2 is 2.05 bits per heavy atom. The molecule has 0 unspecified atom stereocenters. The summed E-state index contributed by atoms with van der Waals surface area (Å²) < 4.78 is 42.8. The van der Waals surface area contributed by atoms with Gasteiger partial charge in [0.2, 0.25) is 0 Å². The number of alkyl halides is 2. The fourth-order valence-electron chi connectivity index (χ4n) is 5.03. The summed E-state index contributed by atoms with van der Waals surface area (Å²) in [4.78, 5) is 39.5. The molecular weight excluding hydrogens is 565 g/mol. The molecule has 41 heavy (non-hydrogen) atoms. The Hall–Kier alpha value is -3.96. The molecule has 214 valence electrons. The molecule has 3 aliphatic rings. The summed E-state index contributed by atoms with van der Waals surface area (Å²) in [6.45, 7) is -0.0562. The van der Waals surface area contributed by atoms with Crippen LogP contribution in [0.25, 0.3) is 0 Å². The molecule has 1 aromatic heterocycles. The average Bonchev–Trinajstić information content (AvgIpc) is 3.47. The van der Waals surface area contributed by atoms with Crippen molar-refractivity contribution in [2.45, 2.75) is 43.3 Å². The molecule has 1 aliphatic carbocycles. The van der Waals surface area contributed by atoms with Crippen molar-refractivity contribution in [1.82, 2.24) is 20.4 Å². The number of nitrogens with one attached hydrogen (secondary N) is 1. The lowest BCUT2D eigenvalue weighted by Gasteiger charge is -2.48. The lowest BCUT2D eigenvalue weighted by Crippen LogP contribution is -2.58. The van der Waals surface area contributed by atoms with Gasteiger partial charge in [-0.1, -0.05) is 29.8 Å². The average molecular weight is 589 g/mol. The Bertz CT molecular complexity index is 1450. The van der Waals surface area contributed by atoms with Crippen molar-refractivity contribution in [3.05, 3.63) is 82.7 Å². The molecule has 2 amide bonds. The van der Waals surface area contributed by atoms with Gasteiger partial charge in [0.25, 0.3) is 17.7 Å². The molecule has 2 aliphatic heterocycles. The third kappa shape index (κ3) is 5.77. The van der Waals surface area contributed by atoms with Crippen molar-refractivity contribution in [1.29, 1.82) is 5.26 Å². The quantitative estimate of drug-likeness (QED) is 0.496. The fourth-order valence-corrected chi connectivity index (χ4v) is 5.27. The van der Waals surface area contributed by atoms with Gasteiger partial charge >= 0.3 is 0 Å². The molecule has 1 saturated heterocycles. The summed E-state index contributed by atoms with van der Waals surface area (Å²) in [7, 11) is 0. The standard InChI is InChI=1S/C27H24ClF3N6O4/c28-21-4-2-1-3-20(21)24(36(19-11-27(30,31)12-19)18-10-17(29)14-33-15-18)26(39)37(25(38)22-6-8-41-34-22)23-9-16(13-32)5-7-35(23)40/h1-5,9-10,14-15,19,22,24,34,40H,6-8,11-12H2/t22-,24-/m0/s1. The minimum absolute atomic E-state index is 0.00887. The van der Waals surface area contributed by atoms with Crippen LogP contribution < -0.4 is 10.4 Å². The Balaban J connectivity index is 1.69. The molecule has 2 atom stereocenters. The van der Waals surface area contributed by atoms with E-state index in [1.807, 2.05) is 6.07 Å². The number of amides is 2. The first-order chi connectivity index (χ1) is 19.6. The van der Waals surface area contributed by atoms with Crippen LogP contribution in [-0.4, -0.2) is 63.1 Å². The molecule has 1 aromatic carbocycles. The van der Waals surface area contributed by atoms with Crippen molar-refractivity contribution in [3.8, 4) is 6.07 Å². The zero-order valence-electron chi connectivity index (χ0n) is 21.4. The number of aromatic nitrogens is 1. The highest BCUT2D eigenvalue weighted by molar-refractivity contribution is 6.31. The zero-order chi connectivity index (χ0) is 29.3. The highest BCUT2D eigenvalue weighted by Crippen LogP contribution is 2.46. The number of hydrogen-bond donors (Lipinski definition) is 2. The monoisotopic (exact) mass is 588 g/mol. The number of rotatable bonds is 7. The number of imide groups is 1. The number of carbonyl (C=O) groups excluding carboxylic acids is 2. The predicted molar refractivity (Wildman–Crippen MR) is 138 cm³/mol. The van der Waals surface area contributed by atoms with Gasteiger partial charge in [0.1, 0.15) is 23.7 Å². The number of halogens is 4. The Morgan fingerprint density at radius 3 is 2.68 bits per heavy atom. The second kappa shape index (κ2) is 11.5. The molecule has 5 rings (SSSR count). The Kier molecular flexibility index (Phi) is 8.01. The van der Waals surface area contributed by atoms with E-state index in [0.717, 1.165) is 18.3 Å². The van der Waals surface area contributed by atoms with Crippen LogP contribution in [0.1, 0.15) is 30.9 Å². The van der Waals surface area contributed by atoms with E-state index in [4.69, 9.17) is 16.4 Å². The lowest BCUT2D eigenvalue weighted by atomic mass is 9.84. The number of nitrogens with zero attached hydrogens (tertiary/aromatic N) is 5. The summed E-state index contributed by atoms with van der Waals surface area (Å²) in [5.74, 6) is -5.95. The normalized spacial score (nSPS) is 20.8. The van der Waals surface area contributed by atoms with E-state index in [2.05, 4.69) is 10.5 Å². The highest BCUT2D eigenvalue weighted by Gasteiger charge is 2.52. The maximum atomic E-state index is 14.7. The number of hydroxylamine groups is 3. The summed E-state index contributed by atoms with van der Waals surface area (Å²) in [5.41, 5.74) is 2.76. The summed E-state index contributed by atoms with van der Waals surface area (Å²) in [6, 6.07) is 5.60. The first-order valence-electron chi connectivity index (χ1n) is 12.6. The minimum atomic E-state index is -3.03. The van der Waals surface area contributed by atoms with E-state index in [1.54, 1.807) is 12.1 Å². The number of benzene rings is 1. The largest absolute Gasteiger partial charge is 0.351 e. The first kappa shape index (κ1) is 28.6. The maximum Gasteiger partial charge on any atom is 0.262 e. The number of hydrogen-bond acceptors (Lipinski definition) is 9. The number of carbonyl (C=O) groups is 2. The summed E-state index contributed by atoms with van der Waals surface area (Å²) >= 11 is 6.54. The van der Waals surface area contributed by atoms with Crippen molar-refractivity contribution in [2.75, 3.05) is 18.1 Å². The molecule has 0 spiro atoms. The van der Waals surface area contributed by atoms with Gasteiger partial charge in [0, 0.05) is 35.5 Å². The molecule has 1 saturated carbocycles. The molecule has 2 N–H and O–H groups in total. The number of anilines is 1. The smallest absolute Gasteiger partial charge is 0.262 e. The first-order valence-corrected chi connectivity index (χ1v) is 13.0. The van der Waals surface area contributed by atoms with E-state index in [9.17, 15) is 33.2 Å². The predicted octanol–water partition coefficient (Wildman–Crippen LogP) is 3.86. The van der Waals surface area contributed by atoms with Crippen LogP contribution in [0.4, 0.5) is 18.9 Å². The van der Waals surface area contributed by atoms with E-state index in [0.29, 0.717) is 9.96 Å². The van der Waals surface area contributed by atoms with Gasteiger partial charge in [0.05, 0.1) is 42.9 Å². The Morgan fingerprint density at radius 1 is 1.29 bits per heavy atom. The molecule has 14 heteroatoms.